The molecule has 0 bridgehead atoms. The van der Waals surface area contributed by atoms with Crippen molar-refractivity contribution >= 4 is 0 Å². The van der Waals surface area contributed by atoms with Crippen LogP contribution in [-0.2, 0) is 12.8 Å². The minimum Gasteiger partial charge on any atom is -0.339 e. The van der Waals surface area contributed by atoms with Crippen LogP contribution < -0.4 is 5.32 Å². The molecule has 0 saturated carbocycles. The van der Waals surface area contributed by atoms with Crippen molar-refractivity contribution in [1.82, 2.24) is 20.4 Å². The number of aromatic nitrogens is 3. The molecule has 0 aliphatic heterocycles. The van der Waals surface area contributed by atoms with E-state index in [0.29, 0.717) is 18.4 Å². The highest BCUT2D eigenvalue weighted by Crippen LogP contribution is 2.22. The monoisotopic (exact) mass is 274 g/mol. The van der Waals surface area contributed by atoms with E-state index in [2.05, 4.69) is 41.2 Å². The zero-order chi connectivity index (χ0) is 14.6. The lowest BCUT2D eigenvalue weighted by atomic mass is 9.85. The Morgan fingerprint density at radius 1 is 1.25 bits per heavy atom. The average molecular weight is 274 g/mol. The molecule has 0 aliphatic carbocycles. The summed E-state index contributed by atoms with van der Waals surface area (Å²) in [6.07, 6.45) is 4.95. The van der Waals surface area contributed by atoms with Crippen LogP contribution in [0.4, 0.5) is 0 Å². The molecule has 2 heterocycles. The second-order valence-electron chi connectivity index (χ2n) is 6.05. The van der Waals surface area contributed by atoms with Gasteiger partial charge in [-0.05, 0) is 30.2 Å². The van der Waals surface area contributed by atoms with Crippen molar-refractivity contribution < 1.29 is 4.52 Å². The van der Waals surface area contributed by atoms with Crippen molar-refractivity contribution in [2.75, 3.05) is 7.05 Å². The summed E-state index contributed by atoms with van der Waals surface area (Å²) in [7, 11) is 1.96. The predicted molar refractivity (Wildman–Crippen MR) is 77.3 cm³/mol. The first kappa shape index (κ1) is 14.7. The van der Waals surface area contributed by atoms with Gasteiger partial charge in [0.15, 0.2) is 5.82 Å². The molecule has 0 aliphatic rings. The van der Waals surface area contributed by atoms with Gasteiger partial charge in [0.05, 0.1) is 0 Å². The highest BCUT2D eigenvalue weighted by molar-refractivity contribution is 5.14. The zero-order valence-electron chi connectivity index (χ0n) is 12.6. The molecule has 0 amide bonds. The van der Waals surface area contributed by atoms with Gasteiger partial charge < -0.3 is 9.84 Å². The summed E-state index contributed by atoms with van der Waals surface area (Å²) in [6, 6.07) is 4.22. The fraction of sp³-hybridized carbons (Fsp3) is 0.533. The van der Waals surface area contributed by atoms with Crippen LogP contribution in [0.1, 0.15) is 38.0 Å². The van der Waals surface area contributed by atoms with Crippen molar-refractivity contribution in [3.05, 3.63) is 41.8 Å². The van der Waals surface area contributed by atoms with E-state index in [1.54, 1.807) is 12.4 Å². The van der Waals surface area contributed by atoms with Gasteiger partial charge >= 0.3 is 0 Å². The van der Waals surface area contributed by atoms with Crippen LogP contribution in [-0.4, -0.2) is 28.2 Å². The number of hydrogen-bond donors (Lipinski definition) is 1. The average Bonchev–Trinajstić information content (AvgIpc) is 2.83. The Balaban J connectivity index is 2.02. The second-order valence-corrected chi connectivity index (χ2v) is 6.05. The van der Waals surface area contributed by atoms with E-state index in [4.69, 9.17) is 4.52 Å². The van der Waals surface area contributed by atoms with Gasteiger partial charge in [0.2, 0.25) is 5.89 Å². The Hall–Kier alpha value is -1.75. The van der Waals surface area contributed by atoms with E-state index in [1.807, 2.05) is 19.2 Å². The Morgan fingerprint density at radius 3 is 2.55 bits per heavy atom. The van der Waals surface area contributed by atoms with Gasteiger partial charge in [-0.25, -0.2) is 0 Å². The number of pyridine rings is 1. The van der Waals surface area contributed by atoms with Crippen LogP contribution >= 0.6 is 0 Å². The third-order valence-corrected chi connectivity index (χ3v) is 3.39. The predicted octanol–water partition coefficient (Wildman–Crippen LogP) is 2.23. The molecule has 0 aromatic carbocycles. The molecule has 1 atom stereocenters. The fourth-order valence-corrected chi connectivity index (χ4v) is 2.14. The Bertz CT molecular complexity index is 530. The molecule has 0 saturated heterocycles. The Kier molecular flexibility index (Phi) is 4.49. The maximum Gasteiger partial charge on any atom is 0.228 e. The lowest BCUT2D eigenvalue weighted by Crippen LogP contribution is -2.39. The quantitative estimate of drug-likeness (QED) is 0.905. The normalized spacial score (nSPS) is 13.4. The maximum atomic E-state index is 5.35. The standard InChI is InChI=1S/C15H22N4O/c1-15(2,3)12(16-4)10-14-18-13(19-20-14)9-11-5-7-17-8-6-11/h5-8,12,16H,9-10H2,1-4H3. The minimum atomic E-state index is 0.147. The number of nitrogens with one attached hydrogen (secondary N) is 1. The summed E-state index contributed by atoms with van der Waals surface area (Å²) in [4.78, 5) is 8.47. The number of hydrogen-bond acceptors (Lipinski definition) is 5. The van der Waals surface area contributed by atoms with Crippen molar-refractivity contribution in [3.8, 4) is 0 Å². The highest BCUT2D eigenvalue weighted by Gasteiger charge is 2.25. The molecule has 108 valence electrons. The molecule has 1 N–H and O–H groups in total. The van der Waals surface area contributed by atoms with Gasteiger partial charge in [-0.15, -0.1) is 0 Å². The van der Waals surface area contributed by atoms with Gasteiger partial charge in [-0.3, -0.25) is 4.98 Å². The summed E-state index contributed by atoms with van der Waals surface area (Å²) in [5, 5.41) is 7.36. The van der Waals surface area contributed by atoms with Gasteiger partial charge in [0, 0.05) is 31.3 Å². The SMILES string of the molecule is CNC(Cc1nc(Cc2ccncc2)no1)C(C)(C)C. The first-order valence-electron chi connectivity index (χ1n) is 6.86. The van der Waals surface area contributed by atoms with Crippen LogP contribution in [0.2, 0.25) is 0 Å². The van der Waals surface area contributed by atoms with Crippen molar-refractivity contribution in [2.45, 2.75) is 39.7 Å². The van der Waals surface area contributed by atoms with Crippen LogP contribution in [0, 0.1) is 5.41 Å². The van der Waals surface area contributed by atoms with Gasteiger partial charge in [-0.1, -0.05) is 25.9 Å². The topological polar surface area (TPSA) is 63.8 Å². The van der Waals surface area contributed by atoms with Gasteiger partial charge in [0.1, 0.15) is 0 Å². The molecule has 5 heteroatoms. The van der Waals surface area contributed by atoms with Crippen molar-refractivity contribution in [1.29, 1.82) is 0 Å². The molecule has 2 aromatic rings. The van der Waals surface area contributed by atoms with E-state index >= 15 is 0 Å². The van der Waals surface area contributed by atoms with Crippen LogP contribution in [0.5, 0.6) is 0 Å². The van der Waals surface area contributed by atoms with Gasteiger partial charge in [-0.2, -0.15) is 4.98 Å². The summed E-state index contributed by atoms with van der Waals surface area (Å²) in [6.45, 7) is 6.59. The van der Waals surface area contributed by atoms with Crippen LogP contribution in [0.3, 0.4) is 0 Å². The Morgan fingerprint density at radius 2 is 1.95 bits per heavy atom. The third-order valence-electron chi connectivity index (χ3n) is 3.39. The summed E-state index contributed by atoms with van der Waals surface area (Å²) in [5.41, 5.74) is 1.28. The molecular weight excluding hydrogens is 252 g/mol. The molecule has 2 aromatic heterocycles. The molecule has 20 heavy (non-hydrogen) atoms. The van der Waals surface area contributed by atoms with E-state index in [9.17, 15) is 0 Å². The lowest BCUT2D eigenvalue weighted by Gasteiger charge is -2.29. The number of rotatable bonds is 5. The largest absolute Gasteiger partial charge is 0.339 e. The molecule has 0 radical (unpaired) electrons. The van der Waals surface area contributed by atoms with Crippen molar-refractivity contribution in [3.63, 3.8) is 0 Å². The van der Waals surface area contributed by atoms with Crippen molar-refractivity contribution in [2.24, 2.45) is 5.41 Å². The first-order chi connectivity index (χ1) is 9.49. The molecule has 0 spiro atoms. The summed E-state index contributed by atoms with van der Waals surface area (Å²) >= 11 is 0. The minimum absolute atomic E-state index is 0.147. The summed E-state index contributed by atoms with van der Waals surface area (Å²) < 4.78 is 5.35. The fourth-order valence-electron chi connectivity index (χ4n) is 2.14. The Labute approximate surface area is 119 Å². The van der Waals surface area contributed by atoms with Crippen LogP contribution in [0.15, 0.2) is 29.0 Å². The first-order valence-corrected chi connectivity index (χ1v) is 6.86. The van der Waals surface area contributed by atoms with Gasteiger partial charge in [0.25, 0.3) is 0 Å². The molecule has 5 nitrogen and oxygen atoms in total. The van der Waals surface area contributed by atoms with E-state index < -0.39 is 0 Å². The molecule has 0 fully saturated rings. The number of nitrogens with zero attached hydrogens (tertiary/aromatic N) is 3. The van der Waals surface area contributed by atoms with E-state index in [-0.39, 0.29) is 5.41 Å². The molecule has 1 unspecified atom stereocenters. The third kappa shape index (κ3) is 3.87. The number of likely N-dealkylation sites (N-methyl/N-ethyl adjacent to an activating group) is 1. The van der Waals surface area contributed by atoms with E-state index in [0.717, 1.165) is 17.8 Å². The zero-order valence-corrected chi connectivity index (χ0v) is 12.6. The maximum absolute atomic E-state index is 5.35. The molecular formula is C15H22N4O. The van der Waals surface area contributed by atoms with Crippen LogP contribution in [0.25, 0.3) is 0 Å². The van der Waals surface area contributed by atoms with E-state index in [1.165, 1.54) is 0 Å². The second kappa shape index (κ2) is 6.13. The molecule has 2 rings (SSSR count). The highest BCUT2D eigenvalue weighted by atomic mass is 16.5. The smallest absolute Gasteiger partial charge is 0.228 e. The lowest BCUT2D eigenvalue weighted by molar-refractivity contribution is 0.255. The summed E-state index contributed by atoms with van der Waals surface area (Å²) in [5.74, 6) is 1.40.